The first-order valence-corrected chi connectivity index (χ1v) is 5.05. The maximum atomic E-state index is 10.9. The van der Waals surface area contributed by atoms with Crippen molar-refractivity contribution < 1.29 is 14.7 Å². The Kier molecular flexibility index (Phi) is 3.85. The molecule has 0 aromatic heterocycles. The molecule has 1 aromatic rings. The summed E-state index contributed by atoms with van der Waals surface area (Å²) in [6, 6.07) is 5.82. The van der Waals surface area contributed by atoms with Gasteiger partial charge >= 0.3 is 5.97 Å². The van der Waals surface area contributed by atoms with E-state index in [2.05, 4.69) is 21.2 Å². The normalized spacial score (nSPS) is 11.9. The molecule has 5 heteroatoms. The average molecular weight is 272 g/mol. The molecule has 0 heterocycles. The Bertz CT molecular complexity index is 392. The summed E-state index contributed by atoms with van der Waals surface area (Å²) in [6.07, 6.45) is 0. The van der Waals surface area contributed by atoms with E-state index in [0.29, 0.717) is 5.56 Å². The molecule has 0 spiro atoms. The molecule has 0 bridgehead atoms. The van der Waals surface area contributed by atoms with Gasteiger partial charge in [0.1, 0.15) is 0 Å². The number of aliphatic carboxylic acids is 1. The molecule has 4 nitrogen and oxygen atoms in total. The second kappa shape index (κ2) is 4.93. The summed E-state index contributed by atoms with van der Waals surface area (Å²) >= 11 is 3.24. The third-order valence-electron chi connectivity index (χ3n) is 1.78. The molecule has 1 unspecified atom stereocenters. The fraction of sp³-hybridized carbons (Fsp3) is 0.200. The molecule has 1 aromatic carbocycles. The SMILES string of the molecule is CC(=O)NC(C(=O)O)c1cccc(Br)c1. The number of amides is 1. The Morgan fingerprint density at radius 3 is 2.60 bits per heavy atom. The van der Waals surface area contributed by atoms with Crippen LogP contribution in [0.1, 0.15) is 18.5 Å². The highest BCUT2D eigenvalue weighted by Crippen LogP contribution is 2.18. The van der Waals surface area contributed by atoms with Crippen molar-refractivity contribution in [1.29, 1.82) is 0 Å². The highest BCUT2D eigenvalue weighted by Gasteiger charge is 2.20. The Morgan fingerprint density at radius 2 is 2.13 bits per heavy atom. The monoisotopic (exact) mass is 271 g/mol. The van der Waals surface area contributed by atoms with Crippen LogP contribution in [0.4, 0.5) is 0 Å². The highest BCUT2D eigenvalue weighted by atomic mass is 79.9. The molecule has 80 valence electrons. The van der Waals surface area contributed by atoms with Crippen molar-refractivity contribution in [2.75, 3.05) is 0 Å². The molecule has 0 fully saturated rings. The third-order valence-corrected chi connectivity index (χ3v) is 2.27. The summed E-state index contributed by atoms with van der Waals surface area (Å²) in [5.41, 5.74) is 0.534. The summed E-state index contributed by atoms with van der Waals surface area (Å²) in [5, 5.41) is 11.3. The first-order chi connectivity index (χ1) is 7.00. The summed E-state index contributed by atoms with van der Waals surface area (Å²) < 4.78 is 0.775. The van der Waals surface area contributed by atoms with Gasteiger partial charge in [-0.2, -0.15) is 0 Å². The maximum absolute atomic E-state index is 10.9. The molecule has 0 aliphatic heterocycles. The Hall–Kier alpha value is -1.36. The molecule has 0 saturated carbocycles. The van der Waals surface area contributed by atoms with Gasteiger partial charge in [0.15, 0.2) is 6.04 Å². The maximum Gasteiger partial charge on any atom is 0.330 e. The molecule has 1 amide bonds. The second-order valence-electron chi connectivity index (χ2n) is 3.03. The van der Waals surface area contributed by atoms with Crippen LogP contribution < -0.4 is 5.32 Å². The number of nitrogens with one attached hydrogen (secondary N) is 1. The number of hydrogen-bond donors (Lipinski definition) is 2. The lowest BCUT2D eigenvalue weighted by Crippen LogP contribution is -2.31. The Labute approximate surface area is 95.4 Å². The largest absolute Gasteiger partial charge is 0.479 e. The fourth-order valence-corrected chi connectivity index (χ4v) is 1.59. The molecular weight excluding hydrogens is 262 g/mol. The minimum atomic E-state index is -1.08. The number of carboxylic acid groups (broad SMARTS) is 1. The zero-order valence-electron chi connectivity index (χ0n) is 8.03. The lowest BCUT2D eigenvalue weighted by Gasteiger charge is -2.13. The van der Waals surface area contributed by atoms with Crippen LogP contribution in [-0.4, -0.2) is 17.0 Å². The third kappa shape index (κ3) is 3.36. The predicted octanol–water partition coefficient (Wildman–Crippen LogP) is 1.71. The zero-order chi connectivity index (χ0) is 11.4. The summed E-state index contributed by atoms with van der Waals surface area (Å²) in [5.74, 6) is -1.45. The van der Waals surface area contributed by atoms with E-state index in [9.17, 15) is 9.59 Å². The van der Waals surface area contributed by atoms with Gasteiger partial charge in [-0.15, -0.1) is 0 Å². The lowest BCUT2D eigenvalue weighted by molar-refractivity contribution is -0.141. The van der Waals surface area contributed by atoms with E-state index in [1.54, 1.807) is 24.3 Å². The van der Waals surface area contributed by atoms with Crippen molar-refractivity contribution in [1.82, 2.24) is 5.32 Å². The molecule has 0 aliphatic carbocycles. The number of rotatable bonds is 3. The van der Waals surface area contributed by atoms with Crippen LogP contribution in [-0.2, 0) is 9.59 Å². The molecule has 0 saturated heterocycles. The first kappa shape index (κ1) is 11.7. The van der Waals surface area contributed by atoms with Gasteiger partial charge < -0.3 is 10.4 Å². The van der Waals surface area contributed by atoms with E-state index in [1.165, 1.54) is 6.92 Å². The van der Waals surface area contributed by atoms with Crippen LogP contribution in [0.2, 0.25) is 0 Å². The molecule has 15 heavy (non-hydrogen) atoms. The van der Waals surface area contributed by atoms with E-state index in [1.807, 2.05) is 0 Å². The van der Waals surface area contributed by atoms with Crippen molar-refractivity contribution in [2.45, 2.75) is 13.0 Å². The van der Waals surface area contributed by atoms with Crippen molar-refractivity contribution in [3.8, 4) is 0 Å². The van der Waals surface area contributed by atoms with Crippen molar-refractivity contribution >= 4 is 27.8 Å². The van der Waals surface area contributed by atoms with Gasteiger partial charge in [-0.1, -0.05) is 28.1 Å². The van der Waals surface area contributed by atoms with Crippen molar-refractivity contribution in [2.24, 2.45) is 0 Å². The Morgan fingerprint density at radius 1 is 1.47 bits per heavy atom. The van der Waals surface area contributed by atoms with Crippen LogP contribution in [0.15, 0.2) is 28.7 Å². The van der Waals surface area contributed by atoms with Crippen LogP contribution in [0.5, 0.6) is 0 Å². The van der Waals surface area contributed by atoms with Crippen LogP contribution >= 0.6 is 15.9 Å². The van der Waals surface area contributed by atoms with Gasteiger partial charge in [0, 0.05) is 11.4 Å². The summed E-state index contributed by atoms with van der Waals surface area (Å²) in [4.78, 5) is 21.7. The van der Waals surface area contributed by atoms with E-state index < -0.39 is 12.0 Å². The van der Waals surface area contributed by atoms with Gasteiger partial charge in [-0.05, 0) is 17.7 Å². The van der Waals surface area contributed by atoms with E-state index in [0.717, 1.165) is 4.47 Å². The second-order valence-corrected chi connectivity index (χ2v) is 3.94. The average Bonchev–Trinajstić information content (AvgIpc) is 2.13. The van der Waals surface area contributed by atoms with Gasteiger partial charge in [-0.25, -0.2) is 4.79 Å². The smallest absolute Gasteiger partial charge is 0.330 e. The quantitative estimate of drug-likeness (QED) is 0.880. The predicted molar refractivity (Wildman–Crippen MR) is 58.3 cm³/mol. The minimum Gasteiger partial charge on any atom is -0.479 e. The molecule has 1 rings (SSSR count). The molecule has 2 N–H and O–H groups in total. The van der Waals surface area contributed by atoms with Crippen LogP contribution in [0.25, 0.3) is 0 Å². The van der Waals surface area contributed by atoms with Gasteiger partial charge in [0.25, 0.3) is 0 Å². The van der Waals surface area contributed by atoms with E-state index in [4.69, 9.17) is 5.11 Å². The minimum absolute atomic E-state index is 0.373. The number of hydrogen-bond acceptors (Lipinski definition) is 2. The number of benzene rings is 1. The van der Waals surface area contributed by atoms with E-state index >= 15 is 0 Å². The first-order valence-electron chi connectivity index (χ1n) is 4.26. The van der Waals surface area contributed by atoms with Gasteiger partial charge in [0.2, 0.25) is 5.91 Å². The van der Waals surface area contributed by atoms with Gasteiger partial charge in [-0.3, -0.25) is 4.79 Å². The highest BCUT2D eigenvalue weighted by molar-refractivity contribution is 9.10. The zero-order valence-corrected chi connectivity index (χ0v) is 9.61. The molecular formula is C10H10BrNO3. The standard InChI is InChI=1S/C10H10BrNO3/c1-6(13)12-9(10(14)15)7-3-2-4-8(11)5-7/h2-5,9H,1H3,(H,12,13)(H,14,15). The number of carboxylic acids is 1. The Balaban J connectivity index is 2.98. The van der Waals surface area contributed by atoms with Crippen LogP contribution in [0.3, 0.4) is 0 Å². The van der Waals surface area contributed by atoms with Crippen molar-refractivity contribution in [3.63, 3.8) is 0 Å². The summed E-state index contributed by atoms with van der Waals surface area (Å²) in [7, 11) is 0. The molecule has 0 radical (unpaired) electrons. The van der Waals surface area contributed by atoms with E-state index in [-0.39, 0.29) is 5.91 Å². The number of carbonyl (C=O) groups is 2. The van der Waals surface area contributed by atoms with Crippen molar-refractivity contribution in [3.05, 3.63) is 34.3 Å². The van der Waals surface area contributed by atoms with Gasteiger partial charge in [0.05, 0.1) is 0 Å². The summed E-state index contributed by atoms with van der Waals surface area (Å²) in [6.45, 7) is 1.29. The fourth-order valence-electron chi connectivity index (χ4n) is 1.18. The lowest BCUT2D eigenvalue weighted by atomic mass is 10.1. The molecule has 1 atom stereocenters. The topological polar surface area (TPSA) is 66.4 Å². The van der Waals surface area contributed by atoms with Crippen LogP contribution in [0, 0.1) is 0 Å². The number of carbonyl (C=O) groups excluding carboxylic acids is 1. The number of halogens is 1. The molecule has 0 aliphatic rings.